The second-order valence-electron chi connectivity index (χ2n) is 2.03. The van der Waals surface area contributed by atoms with Crippen LogP contribution in [-0.2, 0) is 9.53 Å². The van der Waals surface area contributed by atoms with Crippen LogP contribution in [0.25, 0.3) is 0 Å². The zero-order chi connectivity index (χ0) is 8.69. The molecule has 11 heavy (non-hydrogen) atoms. The fourth-order valence-corrected chi connectivity index (χ4v) is 0.590. The van der Waals surface area contributed by atoms with Crippen molar-refractivity contribution in [2.45, 2.75) is 25.9 Å². The lowest BCUT2D eigenvalue weighted by molar-refractivity contribution is -0.145. The molecule has 1 N–H and O–H groups in total. The highest BCUT2D eigenvalue weighted by atomic mass is 16.5. The van der Waals surface area contributed by atoms with E-state index in [0.717, 1.165) is 0 Å². The highest BCUT2D eigenvalue weighted by Gasteiger charge is 2.10. The molecule has 1 atom stereocenters. The fourth-order valence-electron chi connectivity index (χ4n) is 0.590. The van der Waals surface area contributed by atoms with Gasteiger partial charge >= 0.3 is 5.97 Å². The third kappa shape index (κ3) is 5.37. The van der Waals surface area contributed by atoms with E-state index in [-0.39, 0.29) is 12.8 Å². The maximum atomic E-state index is 10.6. The van der Waals surface area contributed by atoms with Crippen molar-refractivity contribution in [1.82, 2.24) is 0 Å². The Morgan fingerprint density at radius 3 is 2.91 bits per heavy atom. The lowest BCUT2D eigenvalue weighted by atomic mass is 10.2. The predicted octanol–water partition coefficient (Wildman–Crippen LogP) is 0.214. The van der Waals surface area contributed by atoms with Crippen LogP contribution in [0.3, 0.4) is 0 Å². The monoisotopic (exact) mass is 157 g/mol. The summed E-state index contributed by atoms with van der Waals surface area (Å²) in [6, 6.07) is 1.76. The van der Waals surface area contributed by atoms with Crippen LogP contribution < -0.4 is 0 Å². The molecule has 0 aliphatic rings. The van der Waals surface area contributed by atoms with Crippen LogP contribution in [0.2, 0.25) is 0 Å². The largest absolute Gasteiger partial charge is 0.466 e. The first-order chi connectivity index (χ1) is 5.20. The van der Waals surface area contributed by atoms with Crippen LogP contribution in [0.15, 0.2) is 0 Å². The minimum atomic E-state index is -0.890. The number of ether oxygens (including phenoxy) is 1. The van der Waals surface area contributed by atoms with Gasteiger partial charge in [-0.15, -0.1) is 0 Å². The Hall–Kier alpha value is -1.08. The number of hydrogen-bond donors (Lipinski definition) is 1. The molecule has 0 saturated heterocycles. The summed E-state index contributed by atoms with van der Waals surface area (Å²) in [5.74, 6) is -0.463. The second kappa shape index (κ2) is 5.69. The van der Waals surface area contributed by atoms with E-state index >= 15 is 0 Å². The topological polar surface area (TPSA) is 70.3 Å². The summed E-state index contributed by atoms with van der Waals surface area (Å²) < 4.78 is 4.55. The number of carbonyl (C=O) groups is 1. The van der Waals surface area contributed by atoms with E-state index in [4.69, 9.17) is 10.4 Å². The van der Waals surface area contributed by atoms with Gasteiger partial charge in [0.05, 0.1) is 31.6 Å². The molecular weight excluding hydrogens is 146 g/mol. The van der Waals surface area contributed by atoms with Crippen molar-refractivity contribution >= 4 is 5.97 Å². The lowest BCUT2D eigenvalue weighted by Gasteiger charge is -2.04. The molecule has 4 heteroatoms. The third-order valence-electron chi connectivity index (χ3n) is 1.03. The first kappa shape index (κ1) is 9.92. The van der Waals surface area contributed by atoms with Gasteiger partial charge in [0, 0.05) is 0 Å². The third-order valence-corrected chi connectivity index (χ3v) is 1.03. The van der Waals surface area contributed by atoms with Gasteiger partial charge in [0.1, 0.15) is 0 Å². The summed E-state index contributed by atoms with van der Waals surface area (Å²) >= 11 is 0. The van der Waals surface area contributed by atoms with Crippen molar-refractivity contribution in [1.29, 1.82) is 5.26 Å². The molecule has 0 spiro atoms. The minimum absolute atomic E-state index is 0.0290. The summed E-state index contributed by atoms with van der Waals surface area (Å²) in [7, 11) is 0. The number of hydrogen-bond acceptors (Lipinski definition) is 4. The van der Waals surface area contributed by atoms with Crippen LogP contribution in [0.5, 0.6) is 0 Å². The summed E-state index contributed by atoms with van der Waals surface area (Å²) in [5.41, 5.74) is 0. The van der Waals surface area contributed by atoms with Gasteiger partial charge in [-0.1, -0.05) is 0 Å². The smallest absolute Gasteiger partial charge is 0.308 e. The Balaban J connectivity index is 3.50. The Morgan fingerprint density at radius 1 is 1.82 bits per heavy atom. The highest BCUT2D eigenvalue weighted by Crippen LogP contribution is 1.97. The first-order valence-corrected chi connectivity index (χ1v) is 3.41. The van der Waals surface area contributed by atoms with Gasteiger partial charge in [-0.25, -0.2) is 0 Å². The quantitative estimate of drug-likeness (QED) is 0.592. The number of nitrogens with zero attached hydrogens (tertiary/aromatic N) is 1. The number of carbonyl (C=O) groups excluding carboxylic acids is 1. The Morgan fingerprint density at radius 2 is 2.45 bits per heavy atom. The molecule has 0 aromatic rings. The van der Waals surface area contributed by atoms with Crippen LogP contribution >= 0.6 is 0 Å². The van der Waals surface area contributed by atoms with Crippen molar-refractivity contribution in [2.75, 3.05) is 6.61 Å². The second-order valence-corrected chi connectivity index (χ2v) is 2.03. The van der Waals surface area contributed by atoms with Crippen LogP contribution in [0.4, 0.5) is 0 Å². The van der Waals surface area contributed by atoms with Crippen molar-refractivity contribution < 1.29 is 14.6 Å². The molecule has 0 amide bonds. The molecular formula is C7H11NO3. The van der Waals surface area contributed by atoms with E-state index in [2.05, 4.69) is 4.74 Å². The number of aliphatic hydroxyl groups excluding tert-OH is 1. The molecule has 0 aromatic carbocycles. The number of rotatable bonds is 4. The van der Waals surface area contributed by atoms with Crippen LogP contribution in [-0.4, -0.2) is 23.8 Å². The SMILES string of the molecule is CCOC(=O)C[C@@H](O)CC#N. The van der Waals surface area contributed by atoms with E-state index in [1.54, 1.807) is 13.0 Å². The molecule has 0 bridgehead atoms. The molecule has 4 nitrogen and oxygen atoms in total. The number of aliphatic hydroxyl groups is 1. The Kier molecular flexibility index (Phi) is 5.13. The molecule has 0 saturated carbocycles. The van der Waals surface area contributed by atoms with Crippen molar-refractivity contribution in [3.8, 4) is 6.07 Å². The number of nitriles is 1. The van der Waals surface area contributed by atoms with E-state index in [9.17, 15) is 4.79 Å². The molecule has 0 fully saturated rings. The minimum Gasteiger partial charge on any atom is -0.466 e. The molecule has 0 unspecified atom stereocenters. The van der Waals surface area contributed by atoms with Gasteiger partial charge in [0.25, 0.3) is 0 Å². The predicted molar refractivity (Wildman–Crippen MR) is 37.5 cm³/mol. The highest BCUT2D eigenvalue weighted by molar-refractivity contribution is 5.69. The van der Waals surface area contributed by atoms with E-state index in [1.807, 2.05) is 0 Å². The molecule has 62 valence electrons. The molecule has 0 aliphatic heterocycles. The zero-order valence-electron chi connectivity index (χ0n) is 6.41. The molecule has 0 rings (SSSR count). The Bertz CT molecular complexity index is 162. The van der Waals surface area contributed by atoms with Gasteiger partial charge in [-0.2, -0.15) is 5.26 Å². The van der Waals surface area contributed by atoms with Gasteiger partial charge in [0.2, 0.25) is 0 Å². The maximum absolute atomic E-state index is 10.6. The van der Waals surface area contributed by atoms with Crippen molar-refractivity contribution in [3.05, 3.63) is 0 Å². The number of esters is 1. The molecule has 0 radical (unpaired) electrons. The maximum Gasteiger partial charge on any atom is 0.308 e. The zero-order valence-corrected chi connectivity index (χ0v) is 6.41. The van der Waals surface area contributed by atoms with Gasteiger partial charge in [-0.05, 0) is 6.92 Å². The van der Waals surface area contributed by atoms with Gasteiger partial charge < -0.3 is 9.84 Å². The molecule has 0 aliphatic carbocycles. The van der Waals surface area contributed by atoms with E-state index in [0.29, 0.717) is 6.61 Å². The standard InChI is InChI=1S/C7H11NO3/c1-2-11-7(10)5-6(9)3-4-8/h6,9H,2-3,5H2,1H3/t6-/m0/s1. The summed E-state index contributed by atoms with van der Waals surface area (Å²) in [6.07, 6.45) is -1.01. The average Bonchev–Trinajstić information content (AvgIpc) is 1.87. The van der Waals surface area contributed by atoms with E-state index < -0.39 is 12.1 Å². The fraction of sp³-hybridized carbons (Fsp3) is 0.714. The van der Waals surface area contributed by atoms with Crippen LogP contribution in [0, 0.1) is 11.3 Å². The molecule has 0 aromatic heterocycles. The summed E-state index contributed by atoms with van der Waals surface area (Å²) in [4.78, 5) is 10.6. The van der Waals surface area contributed by atoms with Gasteiger partial charge in [0.15, 0.2) is 0 Å². The van der Waals surface area contributed by atoms with Crippen molar-refractivity contribution in [3.63, 3.8) is 0 Å². The Labute approximate surface area is 65.4 Å². The molecule has 0 heterocycles. The van der Waals surface area contributed by atoms with Gasteiger partial charge in [-0.3, -0.25) is 4.79 Å². The lowest BCUT2D eigenvalue weighted by Crippen LogP contribution is -2.14. The summed E-state index contributed by atoms with van der Waals surface area (Å²) in [5, 5.41) is 17.0. The van der Waals surface area contributed by atoms with Crippen LogP contribution in [0.1, 0.15) is 19.8 Å². The summed E-state index contributed by atoms with van der Waals surface area (Å²) in [6.45, 7) is 1.99. The normalized spacial score (nSPS) is 11.7. The van der Waals surface area contributed by atoms with E-state index in [1.165, 1.54) is 0 Å². The van der Waals surface area contributed by atoms with Crippen molar-refractivity contribution in [2.24, 2.45) is 0 Å². The average molecular weight is 157 g/mol. The first-order valence-electron chi connectivity index (χ1n) is 3.41.